The molecule has 0 atom stereocenters. The highest BCUT2D eigenvalue weighted by Gasteiger charge is 2.23. The number of benzene rings is 2. The Kier molecular flexibility index (Phi) is 6.25. The van der Waals surface area contributed by atoms with Gasteiger partial charge >= 0.3 is 0 Å². The number of anilines is 2. The number of aryl methyl sites for hydroxylation is 1. The van der Waals surface area contributed by atoms with Gasteiger partial charge in [0.15, 0.2) is 0 Å². The summed E-state index contributed by atoms with van der Waals surface area (Å²) in [7, 11) is 8.22. The normalized spacial score (nSPS) is 14.5. The molecule has 0 N–H and O–H groups in total. The second-order valence-electron chi connectivity index (χ2n) is 8.08. The summed E-state index contributed by atoms with van der Waals surface area (Å²) >= 11 is 0. The molecule has 0 spiro atoms. The zero-order valence-electron chi connectivity index (χ0n) is 17.8. The van der Waals surface area contributed by atoms with Crippen molar-refractivity contribution in [2.45, 2.75) is 13.5 Å². The van der Waals surface area contributed by atoms with E-state index in [1.807, 2.05) is 37.2 Å². The van der Waals surface area contributed by atoms with Crippen molar-refractivity contribution in [2.75, 3.05) is 64.2 Å². The van der Waals surface area contributed by atoms with Gasteiger partial charge in [-0.3, -0.25) is 4.79 Å². The monoisotopic (exact) mass is 380 g/mol. The van der Waals surface area contributed by atoms with Crippen molar-refractivity contribution in [1.82, 2.24) is 9.80 Å². The van der Waals surface area contributed by atoms with Crippen LogP contribution >= 0.6 is 0 Å². The number of hydrogen-bond acceptors (Lipinski definition) is 4. The largest absolute Gasteiger partial charge is 0.377 e. The number of nitrogens with zero attached hydrogens (tertiary/aromatic N) is 4. The van der Waals surface area contributed by atoms with Crippen molar-refractivity contribution in [3.05, 3.63) is 59.2 Å². The van der Waals surface area contributed by atoms with Gasteiger partial charge < -0.3 is 19.6 Å². The van der Waals surface area contributed by atoms with Crippen molar-refractivity contribution in [1.29, 1.82) is 0 Å². The highest BCUT2D eigenvalue weighted by Crippen LogP contribution is 2.22. The third-order valence-corrected chi connectivity index (χ3v) is 5.27. The summed E-state index contributed by atoms with van der Waals surface area (Å²) in [6.45, 7) is 6.24. The lowest BCUT2D eigenvalue weighted by Gasteiger charge is -2.36. The van der Waals surface area contributed by atoms with Crippen LogP contribution in [0.4, 0.5) is 11.4 Å². The summed E-state index contributed by atoms with van der Waals surface area (Å²) in [5, 5.41) is 0. The van der Waals surface area contributed by atoms with Crippen molar-refractivity contribution in [2.24, 2.45) is 0 Å². The molecule has 1 aliphatic heterocycles. The molecule has 2 aromatic rings. The van der Waals surface area contributed by atoms with Gasteiger partial charge in [-0.15, -0.1) is 0 Å². The first-order chi connectivity index (χ1) is 13.3. The van der Waals surface area contributed by atoms with E-state index in [0.29, 0.717) is 0 Å². The molecule has 0 saturated carbocycles. The van der Waals surface area contributed by atoms with Crippen LogP contribution in [0.3, 0.4) is 0 Å². The summed E-state index contributed by atoms with van der Waals surface area (Å²) in [4.78, 5) is 21.6. The van der Waals surface area contributed by atoms with E-state index >= 15 is 0 Å². The molecule has 0 aliphatic carbocycles. The molecule has 1 saturated heterocycles. The fourth-order valence-electron chi connectivity index (χ4n) is 3.86. The minimum atomic E-state index is 0.134. The average molecular weight is 381 g/mol. The SMILES string of the molecule is Cc1cc(C(=O)N2CCN(c3cccc(CN(C)C)c3)CC2)ccc1N(C)C. The topological polar surface area (TPSA) is 30.0 Å². The van der Waals surface area contributed by atoms with Crippen LogP contribution in [0, 0.1) is 6.92 Å². The minimum Gasteiger partial charge on any atom is -0.377 e. The molecule has 5 heteroatoms. The molecule has 1 amide bonds. The summed E-state index contributed by atoms with van der Waals surface area (Å²) in [6, 6.07) is 14.7. The lowest BCUT2D eigenvalue weighted by atomic mass is 10.1. The van der Waals surface area contributed by atoms with Gasteiger partial charge in [0.25, 0.3) is 5.91 Å². The van der Waals surface area contributed by atoms with Crippen molar-refractivity contribution < 1.29 is 4.79 Å². The maximum Gasteiger partial charge on any atom is 0.253 e. The second kappa shape index (κ2) is 8.65. The third-order valence-electron chi connectivity index (χ3n) is 5.27. The molecular formula is C23H32N4O. The van der Waals surface area contributed by atoms with E-state index in [1.54, 1.807) is 0 Å². The van der Waals surface area contributed by atoms with Gasteiger partial charge in [-0.05, 0) is 62.5 Å². The Morgan fingerprint density at radius 2 is 1.68 bits per heavy atom. The van der Waals surface area contributed by atoms with Crippen LogP contribution in [0.1, 0.15) is 21.5 Å². The number of carbonyl (C=O) groups excluding carboxylic acids is 1. The molecular weight excluding hydrogens is 348 g/mol. The molecule has 0 bridgehead atoms. The van der Waals surface area contributed by atoms with Gasteiger partial charge in [0.05, 0.1) is 0 Å². The highest BCUT2D eigenvalue weighted by molar-refractivity contribution is 5.95. The molecule has 3 rings (SSSR count). The zero-order valence-corrected chi connectivity index (χ0v) is 17.8. The Labute approximate surface area is 169 Å². The molecule has 150 valence electrons. The second-order valence-corrected chi connectivity index (χ2v) is 8.08. The van der Waals surface area contributed by atoms with Crippen LogP contribution in [0.25, 0.3) is 0 Å². The van der Waals surface area contributed by atoms with Crippen LogP contribution in [0.15, 0.2) is 42.5 Å². The van der Waals surface area contributed by atoms with E-state index in [2.05, 4.69) is 60.0 Å². The number of carbonyl (C=O) groups is 1. The average Bonchev–Trinajstić information content (AvgIpc) is 2.67. The van der Waals surface area contributed by atoms with E-state index in [9.17, 15) is 4.79 Å². The lowest BCUT2D eigenvalue weighted by molar-refractivity contribution is 0.0746. The number of rotatable bonds is 5. The van der Waals surface area contributed by atoms with Gasteiger partial charge in [-0.25, -0.2) is 0 Å². The fourth-order valence-corrected chi connectivity index (χ4v) is 3.86. The number of piperazine rings is 1. The summed E-state index contributed by atoms with van der Waals surface area (Å²) in [6.07, 6.45) is 0. The van der Waals surface area contributed by atoms with Crippen LogP contribution in [0.5, 0.6) is 0 Å². The Balaban J connectivity index is 1.64. The smallest absolute Gasteiger partial charge is 0.253 e. The van der Waals surface area contributed by atoms with E-state index in [0.717, 1.165) is 49.5 Å². The van der Waals surface area contributed by atoms with E-state index < -0.39 is 0 Å². The summed E-state index contributed by atoms with van der Waals surface area (Å²) in [5.74, 6) is 0.134. The maximum atomic E-state index is 12.9. The zero-order chi connectivity index (χ0) is 20.3. The molecule has 28 heavy (non-hydrogen) atoms. The Hall–Kier alpha value is -2.53. The van der Waals surface area contributed by atoms with Crippen LogP contribution < -0.4 is 9.80 Å². The molecule has 5 nitrogen and oxygen atoms in total. The first-order valence-electron chi connectivity index (χ1n) is 9.91. The first kappa shape index (κ1) is 20.2. The summed E-state index contributed by atoms with van der Waals surface area (Å²) in [5.41, 5.74) is 5.63. The fraction of sp³-hybridized carbons (Fsp3) is 0.435. The van der Waals surface area contributed by atoms with E-state index in [4.69, 9.17) is 0 Å². The Morgan fingerprint density at radius 1 is 0.964 bits per heavy atom. The van der Waals surface area contributed by atoms with Gasteiger partial charge in [0.2, 0.25) is 0 Å². The minimum absolute atomic E-state index is 0.134. The first-order valence-corrected chi connectivity index (χ1v) is 9.91. The predicted molar refractivity (Wildman–Crippen MR) is 117 cm³/mol. The Bertz CT molecular complexity index is 823. The highest BCUT2D eigenvalue weighted by atomic mass is 16.2. The quantitative estimate of drug-likeness (QED) is 0.797. The molecule has 0 aromatic heterocycles. The maximum absolute atomic E-state index is 12.9. The van der Waals surface area contributed by atoms with Crippen LogP contribution in [-0.4, -0.2) is 70.1 Å². The van der Waals surface area contributed by atoms with Crippen LogP contribution in [-0.2, 0) is 6.54 Å². The Morgan fingerprint density at radius 3 is 2.29 bits per heavy atom. The standard InChI is InChI=1S/C23H32N4O/c1-18-15-20(9-10-22(18)25(4)5)23(28)27-13-11-26(12-14-27)21-8-6-7-19(16-21)17-24(2)3/h6-10,15-16H,11-14,17H2,1-5H3. The van der Waals surface area contributed by atoms with Crippen molar-refractivity contribution in [3.8, 4) is 0 Å². The van der Waals surface area contributed by atoms with Gasteiger partial charge in [0.1, 0.15) is 0 Å². The van der Waals surface area contributed by atoms with E-state index in [-0.39, 0.29) is 5.91 Å². The summed E-state index contributed by atoms with van der Waals surface area (Å²) < 4.78 is 0. The van der Waals surface area contributed by atoms with Gasteiger partial charge in [-0.2, -0.15) is 0 Å². The van der Waals surface area contributed by atoms with Crippen molar-refractivity contribution in [3.63, 3.8) is 0 Å². The third kappa shape index (κ3) is 4.65. The molecule has 1 aliphatic rings. The van der Waals surface area contributed by atoms with Crippen molar-refractivity contribution >= 4 is 17.3 Å². The number of amides is 1. The molecule has 2 aromatic carbocycles. The van der Waals surface area contributed by atoms with Gasteiger partial charge in [0, 0.05) is 63.8 Å². The molecule has 0 radical (unpaired) electrons. The predicted octanol–water partition coefficient (Wildman–Crippen LogP) is 3.09. The molecule has 0 unspecified atom stereocenters. The van der Waals surface area contributed by atoms with E-state index in [1.165, 1.54) is 11.3 Å². The van der Waals surface area contributed by atoms with Crippen LogP contribution in [0.2, 0.25) is 0 Å². The van der Waals surface area contributed by atoms with Gasteiger partial charge in [-0.1, -0.05) is 12.1 Å². The number of hydrogen-bond donors (Lipinski definition) is 0. The lowest BCUT2D eigenvalue weighted by Crippen LogP contribution is -2.48. The molecule has 1 fully saturated rings. The molecule has 1 heterocycles.